The largest absolute Gasteiger partial charge is 0.455 e. The molecule has 0 bridgehead atoms. The molecule has 0 saturated carbocycles. The van der Waals surface area contributed by atoms with E-state index in [9.17, 15) is 14.7 Å². The predicted octanol–water partition coefficient (Wildman–Crippen LogP) is 3.61. The van der Waals surface area contributed by atoms with Crippen molar-refractivity contribution in [2.45, 2.75) is 19.4 Å². The molecule has 1 aromatic heterocycles. The molecule has 0 fully saturated rings. The molecule has 5 nitrogen and oxygen atoms in total. The van der Waals surface area contributed by atoms with E-state index in [2.05, 4.69) is 5.32 Å². The van der Waals surface area contributed by atoms with Crippen LogP contribution in [0.5, 0.6) is 0 Å². The second kappa shape index (κ2) is 9.08. The van der Waals surface area contributed by atoms with Crippen LogP contribution in [0.1, 0.15) is 22.3 Å². The molecule has 0 aliphatic carbocycles. The highest BCUT2D eigenvalue weighted by molar-refractivity contribution is 7.98. The van der Waals surface area contributed by atoms with Crippen molar-refractivity contribution in [1.82, 2.24) is 5.32 Å². The highest BCUT2D eigenvalue weighted by atomic mass is 32.2. The maximum atomic E-state index is 12.9. The van der Waals surface area contributed by atoms with Gasteiger partial charge in [-0.15, -0.1) is 0 Å². The molecule has 0 spiro atoms. The van der Waals surface area contributed by atoms with Gasteiger partial charge in [-0.05, 0) is 37.5 Å². The maximum absolute atomic E-state index is 12.9. The number of benzene rings is 2. The number of nitrogens with one attached hydrogen (secondary N) is 1. The van der Waals surface area contributed by atoms with Gasteiger partial charge >= 0.3 is 0 Å². The van der Waals surface area contributed by atoms with E-state index in [1.807, 2.05) is 36.6 Å². The second-order valence-electron chi connectivity index (χ2n) is 6.57. The van der Waals surface area contributed by atoms with E-state index >= 15 is 0 Å². The average Bonchev–Trinajstić information content (AvgIpc) is 2.73. The number of rotatable bonds is 7. The van der Waals surface area contributed by atoms with Crippen LogP contribution in [0.4, 0.5) is 0 Å². The standard InChI is InChI=1S/C22H23NO4S/c1-14-19(25)17-9-6-10-18(22(26)23-16(13-24)11-12-28-2)21(17)27-20(14)15-7-4-3-5-8-15/h3-10,16,24H,11-13H2,1-2H3,(H,23,26)/t16-/m0/s1. The summed E-state index contributed by atoms with van der Waals surface area (Å²) in [7, 11) is 0. The van der Waals surface area contributed by atoms with Gasteiger partial charge in [0.2, 0.25) is 0 Å². The fourth-order valence-corrected chi connectivity index (χ4v) is 3.61. The van der Waals surface area contributed by atoms with Crippen LogP contribution < -0.4 is 10.7 Å². The zero-order valence-electron chi connectivity index (χ0n) is 15.9. The van der Waals surface area contributed by atoms with Crippen LogP contribution >= 0.6 is 11.8 Å². The molecule has 0 aliphatic rings. The smallest absolute Gasteiger partial charge is 0.255 e. The first-order chi connectivity index (χ1) is 13.6. The lowest BCUT2D eigenvalue weighted by atomic mass is 10.0. The van der Waals surface area contributed by atoms with Crippen molar-refractivity contribution in [2.75, 3.05) is 18.6 Å². The summed E-state index contributed by atoms with van der Waals surface area (Å²) in [6.07, 6.45) is 2.63. The minimum atomic E-state index is -0.364. The van der Waals surface area contributed by atoms with Crippen LogP contribution in [0.2, 0.25) is 0 Å². The lowest BCUT2D eigenvalue weighted by molar-refractivity contribution is 0.0916. The summed E-state index contributed by atoms with van der Waals surface area (Å²) in [5.74, 6) is 0.921. The summed E-state index contributed by atoms with van der Waals surface area (Å²) in [4.78, 5) is 25.7. The van der Waals surface area contributed by atoms with E-state index < -0.39 is 0 Å². The van der Waals surface area contributed by atoms with Crippen LogP contribution in [0.25, 0.3) is 22.3 Å². The van der Waals surface area contributed by atoms with Gasteiger partial charge in [-0.1, -0.05) is 36.4 Å². The molecule has 0 radical (unpaired) electrons. The predicted molar refractivity (Wildman–Crippen MR) is 114 cm³/mol. The molecule has 1 heterocycles. The Hall–Kier alpha value is -2.57. The van der Waals surface area contributed by atoms with E-state index in [-0.39, 0.29) is 35.1 Å². The van der Waals surface area contributed by atoms with Gasteiger partial charge in [0.15, 0.2) is 11.0 Å². The van der Waals surface area contributed by atoms with Gasteiger partial charge in [0.05, 0.1) is 23.6 Å². The summed E-state index contributed by atoms with van der Waals surface area (Å²) >= 11 is 1.65. The number of hydrogen-bond donors (Lipinski definition) is 2. The topological polar surface area (TPSA) is 79.5 Å². The Morgan fingerprint density at radius 3 is 2.61 bits per heavy atom. The quantitative estimate of drug-likeness (QED) is 0.637. The zero-order valence-corrected chi connectivity index (χ0v) is 16.7. The van der Waals surface area contributed by atoms with Crippen molar-refractivity contribution in [2.24, 2.45) is 0 Å². The van der Waals surface area contributed by atoms with Gasteiger partial charge in [0.25, 0.3) is 5.91 Å². The fraction of sp³-hybridized carbons (Fsp3) is 0.273. The van der Waals surface area contributed by atoms with Crippen LogP contribution in [0, 0.1) is 6.92 Å². The fourth-order valence-electron chi connectivity index (χ4n) is 3.09. The molecule has 146 valence electrons. The van der Waals surface area contributed by atoms with E-state index in [1.54, 1.807) is 36.9 Å². The number of thioether (sulfide) groups is 1. The van der Waals surface area contributed by atoms with Crippen molar-refractivity contribution in [3.8, 4) is 11.3 Å². The summed E-state index contributed by atoms with van der Waals surface area (Å²) in [6, 6.07) is 14.0. The molecule has 3 aromatic rings. The van der Waals surface area contributed by atoms with Gasteiger partial charge in [-0.2, -0.15) is 11.8 Å². The Morgan fingerprint density at radius 1 is 1.18 bits per heavy atom. The Labute approximate surface area is 167 Å². The molecular formula is C22H23NO4S. The molecule has 2 N–H and O–H groups in total. The number of aliphatic hydroxyl groups is 1. The van der Waals surface area contributed by atoms with Crippen molar-refractivity contribution in [3.63, 3.8) is 0 Å². The Balaban J connectivity index is 2.08. The Bertz CT molecular complexity index is 1030. The van der Waals surface area contributed by atoms with Gasteiger partial charge in [0, 0.05) is 11.1 Å². The number of carbonyl (C=O) groups is 1. The van der Waals surface area contributed by atoms with Crippen LogP contribution in [-0.2, 0) is 0 Å². The molecule has 0 unspecified atom stereocenters. The van der Waals surface area contributed by atoms with Crippen LogP contribution in [0.15, 0.2) is 57.7 Å². The molecular weight excluding hydrogens is 374 g/mol. The summed E-state index contributed by atoms with van der Waals surface area (Å²) in [5, 5.41) is 12.7. The van der Waals surface area contributed by atoms with Crippen molar-refractivity contribution < 1.29 is 14.3 Å². The lowest BCUT2D eigenvalue weighted by Crippen LogP contribution is -2.38. The molecule has 0 aliphatic heterocycles. The SMILES string of the molecule is CSCC[C@@H](CO)NC(=O)c1cccc2c(=O)c(C)c(-c3ccccc3)oc12. The molecule has 0 saturated heterocycles. The minimum Gasteiger partial charge on any atom is -0.455 e. The highest BCUT2D eigenvalue weighted by Gasteiger charge is 2.20. The third kappa shape index (κ3) is 4.13. The lowest BCUT2D eigenvalue weighted by Gasteiger charge is -2.16. The summed E-state index contributed by atoms with van der Waals surface area (Å²) in [6.45, 7) is 1.58. The summed E-state index contributed by atoms with van der Waals surface area (Å²) < 4.78 is 6.08. The van der Waals surface area contributed by atoms with Crippen LogP contribution in [-0.4, -0.2) is 35.7 Å². The molecule has 3 rings (SSSR count). The van der Waals surface area contributed by atoms with Crippen molar-refractivity contribution in [1.29, 1.82) is 0 Å². The number of para-hydroxylation sites is 1. The number of amides is 1. The van der Waals surface area contributed by atoms with Gasteiger partial charge in [0.1, 0.15) is 5.76 Å². The van der Waals surface area contributed by atoms with Gasteiger partial charge in [-0.3, -0.25) is 9.59 Å². The maximum Gasteiger partial charge on any atom is 0.255 e. The minimum absolute atomic E-state index is 0.143. The molecule has 1 atom stereocenters. The highest BCUT2D eigenvalue weighted by Crippen LogP contribution is 2.27. The number of hydrogen-bond acceptors (Lipinski definition) is 5. The third-order valence-electron chi connectivity index (χ3n) is 4.65. The Kier molecular flexibility index (Phi) is 6.54. The molecule has 1 amide bonds. The number of carbonyl (C=O) groups excluding carboxylic acids is 1. The second-order valence-corrected chi connectivity index (χ2v) is 7.55. The first kappa shape index (κ1) is 20.2. The third-order valence-corrected chi connectivity index (χ3v) is 5.30. The molecule has 2 aromatic carbocycles. The molecule has 28 heavy (non-hydrogen) atoms. The average molecular weight is 397 g/mol. The number of fused-ring (bicyclic) bond motifs is 1. The van der Waals surface area contributed by atoms with Gasteiger partial charge < -0.3 is 14.8 Å². The van der Waals surface area contributed by atoms with Gasteiger partial charge in [-0.25, -0.2) is 0 Å². The first-order valence-electron chi connectivity index (χ1n) is 9.09. The van der Waals surface area contributed by atoms with Crippen LogP contribution in [0.3, 0.4) is 0 Å². The van der Waals surface area contributed by atoms with E-state index in [0.29, 0.717) is 23.1 Å². The zero-order chi connectivity index (χ0) is 20.1. The molecule has 6 heteroatoms. The summed E-state index contributed by atoms with van der Waals surface area (Å²) in [5.41, 5.74) is 1.67. The van der Waals surface area contributed by atoms with E-state index in [0.717, 1.165) is 11.3 Å². The van der Waals surface area contributed by atoms with E-state index in [1.165, 1.54) is 0 Å². The number of aliphatic hydroxyl groups excluding tert-OH is 1. The van der Waals surface area contributed by atoms with Crippen molar-refractivity contribution in [3.05, 3.63) is 69.9 Å². The normalized spacial score (nSPS) is 12.1. The Morgan fingerprint density at radius 2 is 1.93 bits per heavy atom. The monoisotopic (exact) mass is 397 g/mol. The van der Waals surface area contributed by atoms with Crippen molar-refractivity contribution >= 4 is 28.6 Å². The first-order valence-corrected chi connectivity index (χ1v) is 10.5. The van der Waals surface area contributed by atoms with E-state index in [4.69, 9.17) is 4.42 Å².